The van der Waals surface area contributed by atoms with Crippen LogP contribution in [-0.2, 0) is 4.74 Å². The van der Waals surface area contributed by atoms with Gasteiger partial charge in [-0.05, 0) is 23.3 Å². The molecular weight excluding hydrogens is 590 g/mol. The van der Waals surface area contributed by atoms with Crippen molar-refractivity contribution >= 4 is 44.8 Å². The minimum Gasteiger partial charge on any atom is -0.348 e. The van der Waals surface area contributed by atoms with Gasteiger partial charge in [-0.2, -0.15) is 0 Å². The van der Waals surface area contributed by atoms with E-state index in [1.807, 2.05) is 0 Å². The molecule has 1 saturated heterocycles. The van der Waals surface area contributed by atoms with Crippen LogP contribution in [0.25, 0.3) is 0 Å². The summed E-state index contributed by atoms with van der Waals surface area (Å²) in [6.45, 7) is 0. The van der Waals surface area contributed by atoms with Crippen molar-refractivity contribution in [2.24, 2.45) is 5.41 Å². The summed E-state index contributed by atoms with van der Waals surface area (Å²) in [5.74, 6) is -3.86. The molecule has 0 aromatic heterocycles. The Kier molecular flexibility index (Phi) is 5.38. The normalized spacial score (nSPS) is 21.5. The quantitative estimate of drug-likeness (QED) is 0.157. The number of Topliss-reactive ketones (excluding diaryl/α,β-unsaturated/α-hetero) is 4. The molecule has 3 aliphatic rings. The summed E-state index contributed by atoms with van der Waals surface area (Å²) in [5.41, 5.74) is -3.25. The molecule has 2 spiro atoms. The first-order chi connectivity index (χ1) is 19.7. The third kappa shape index (κ3) is 3.13. The van der Waals surface area contributed by atoms with E-state index in [0.717, 1.165) is 4.47 Å². The standard InChI is InChI=1S/C32H18BrNO7/c33-19-13-9-18(10-14-19)30-31(26(35)21-5-1-2-6-22(21)27(31)36)25(17-11-15-20(16-12-17)34(39)40)32(41-30)28(37)23-7-3-4-8-24(23)29(32)38/h1-16,25,30H/t25-,30-/m1/s1. The fourth-order valence-corrected chi connectivity index (χ4v) is 7.02. The highest BCUT2D eigenvalue weighted by atomic mass is 79.9. The number of hydrogen-bond donors (Lipinski definition) is 0. The zero-order valence-corrected chi connectivity index (χ0v) is 22.7. The third-order valence-electron chi connectivity index (χ3n) is 8.45. The summed E-state index contributed by atoms with van der Waals surface area (Å²) in [4.78, 5) is 68.9. The lowest BCUT2D eigenvalue weighted by molar-refractivity contribution is -0.384. The number of carbonyl (C=O) groups is 4. The van der Waals surface area contributed by atoms with Gasteiger partial charge >= 0.3 is 0 Å². The van der Waals surface area contributed by atoms with Crippen LogP contribution in [0, 0.1) is 15.5 Å². The minimum atomic E-state index is -2.26. The van der Waals surface area contributed by atoms with Gasteiger partial charge in [-0.3, -0.25) is 29.3 Å². The van der Waals surface area contributed by atoms with Gasteiger partial charge in [-0.15, -0.1) is 0 Å². The van der Waals surface area contributed by atoms with Crippen LogP contribution in [0.4, 0.5) is 5.69 Å². The lowest BCUT2D eigenvalue weighted by Gasteiger charge is -2.34. The number of fused-ring (bicyclic) bond motifs is 2. The van der Waals surface area contributed by atoms with E-state index in [-0.39, 0.29) is 33.5 Å². The van der Waals surface area contributed by atoms with Gasteiger partial charge < -0.3 is 4.74 Å². The molecule has 41 heavy (non-hydrogen) atoms. The first-order valence-electron chi connectivity index (χ1n) is 12.8. The van der Waals surface area contributed by atoms with E-state index < -0.39 is 51.1 Å². The number of ether oxygens (including phenoxy) is 1. The fraction of sp³-hybridized carbons (Fsp3) is 0.125. The van der Waals surface area contributed by atoms with Crippen LogP contribution >= 0.6 is 15.9 Å². The molecule has 2 aliphatic carbocycles. The molecular formula is C32H18BrNO7. The molecule has 0 unspecified atom stereocenters. The SMILES string of the molecule is O=C1c2ccccc2C(=O)C12O[C@H](c1ccc(Br)cc1)C1(C(=O)c3ccccc3C1=O)[C@H]2c1ccc([N+](=O)[O-])cc1. The number of nitro benzene ring substituents is 1. The largest absolute Gasteiger partial charge is 0.348 e. The van der Waals surface area contributed by atoms with Crippen LogP contribution < -0.4 is 0 Å². The van der Waals surface area contributed by atoms with E-state index in [0.29, 0.717) is 5.56 Å². The molecule has 0 bridgehead atoms. The van der Waals surface area contributed by atoms with E-state index in [2.05, 4.69) is 15.9 Å². The van der Waals surface area contributed by atoms with E-state index in [1.54, 1.807) is 60.7 Å². The molecule has 9 heteroatoms. The summed E-state index contributed by atoms with van der Waals surface area (Å²) in [6.07, 6.45) is -1.31. The summed E-state index contributed by atoms with van der Waals surface area (Å²) >= 11 is 3.40. The van der Waals surface area contributed by atoms with Gasteiger partial charge in [0.05, 0.1) is 10.8 Å². The van der Waals surface area contributed by atoms with Crippen LogP contribution in [0.1, 0.15) is 64.6 Å². The number of nitro groups is 1. The van der Waals surface area contributed by atoms with E-state index in [9.17, 15) is 29.3 Å². The number of ketones is 4. The van der Waals surface area contributed by atoms with Crippen molar-refractivity contribution in [3.63, 3.8) is 0 Å². The Hall–Kier alpha value is -4.60. The van der Waals surface area contributed by atoms with Gasteiger partial charge in [0.1, 0.15) is 11.5 Å². The number of carbonyl (C=O) groups excluding carboxylic acids is 4. The molecule has 0 N–H and O–H groups in total. The minimum absolute atomic E-state index is 0.131. The van der Waals surface area contributed by atoms with Crippen LogP contribution in [-0.4, -0.2) is 33.7 Å². The maximum atomic E-state index is 14.6. The average Bonchev–Trinajstić information content (AvgIpc) is 3.51. The second kappa shape index (κ2) is 8.70. The summed E-state index contributed by atoms with van der Waals surface area (Å²) < 4.78 is 7.35. The highest BCUT2D eigenvalue weighted by Crippen LogP contribution is 2.67. The molecule has 7 rings (SSSR count). The highest BCUT2D eigenvalue weighted by Gasteiger charge is 2.79. The van der Waals surface area contributed by atoms with E-state index in [1.165, 1.54) is 36.4 Å². The van der Waals surface area contributed by atoms with Gasteiger partial charge in [0, 0.05) is 38.9 Å². The molecule has 1 aliphatic heterocycles. The summed E-state index contributed by atoms with van der Waals surface area (Å²) in [5, 5.41) is 11.5. The molecule has 1 heterocycles. The maximum absolute atomic E-state index is 14.6. The van der Waals surface area contributed by atoms with Gasteiger partial charge in [-0.25, -0.2) is 0 Å². The molecule has 0 saturated carbocycles. The summed E-state index contributed by atoms with van der Waals surface area (Å²) in [6, 6.07) is 24.8. The van der Waals surface area contributed by atoms with Gasteiger partial charge in [0.25, 0.3) is 5.69 Å². The van der Waals surface area contributed by atoms with Crippen molar-refractivity contribution in [2.75, 3.05) is 0 Å². The Bertz CT molecular complexity index is 1770. The van der Waals surface area contributed by atoms with Crippen LogP contribution in [0.5, 0.6) is 0 Å². The number of benzene rings is 4. The fourth-order valence-electron chi connectivity index (χ4n) is 6.75. The van der Waals surface area contributed by atoms with E-state index in [4.69, 9.17) is 4.74 Å². The van der Waals surface area contributed by atoms with Crippen molar-refractivity contribution < 1.29 is 28.8 Å². The van der Waals surface area contributed by atoms with Crippen molar-refractivity contribution in [2.45, 2.75) is 17.6 Å². The van der Waals surface area contributed by atoms with Gasteiger partial charge in [0.15, 0.2) is 11.6 Å². The highest BCUT2D eigenvalue weighted by molar-refractivity contribution is 9.10. The van der Waals surface area contributed by atoms with Crippen molar-refractivity contribution in [1.29, 1.82) is 0 Å². The first-order valence-corrected chi connectivity index (χ1v) is 13.6. The first kappa shape index (κ1) is 25.4. The molecule has 8 nitrogen and oxygen atoms in total. The smallest absolute Gasteiger partial charge is 0.269 e. The Balaban J connectivity index is 1.58. The lowest BCUT2D eigenvalue weighted by Crippen LogP contribution is -2.51. The van der Waals surface area contributed by atoms with Crippen molar-refractivity contribution in [1.82, 2.24) is 0 Å². The second-order valence-electron chi connectivity index (χ2n) is 10.3. The van der Waals surface area contributed by atoms with Gasteiger partial charge in [-0.1, -0.05) is 88.7 Å². The molecule has 200 valence electrons. The predicted octanol–water partition coefficient (Wildman–Crippen LogP) is 6.10. The maximum Gasteiger partial charge on any atom is 0.269 e. The molecule has 4 aromatic carbocycles. The van der Waals surface area contributed by atoms with Crippen LogP contribution in [0.3, 0.4) is 0 Å². The van der Waals surface area contributed by atoms with Crippen molar-refractivity contribution in [3.8, 4) is 0 Å². The third-order valence-corrected chi connectivity index (χ3v) is 8.98. The molecule has 1 fully saturated rings. The number of rotatable bonds is 3. The average molecular weight is 608 g/mol. The molecule has 4 aromatic rings. The van der Waals surface area contributed by atoms with E-state index >= 15 is 0 Å². The Morgan fingerprint density at radius 2 is 1.07 bits per heavy atom. The predicted molar refractivity (Wildman–Crippen MR) is 149 cm³/mol. The number of non-ortho nitro benzene ring substituents is 1. The monoisotopic (exact) mass is 607 g/mol. The van der Waals surface area contributed by atoms with Crippen LogP contribution in [0.15, 0.2) is 102 Å². The Morgan fingerprint density at radius 3 is 1.54 bits per heavy atom. The number of halogens is 1. The second-order valence-corrected chi connectivity index (χ2v) is 11.3. The number of hydrogen-bond acceptors (Lipinski definition) is 7. The molecule has 2 atom stereocenters. The zero-order valence-electron chi connectivity index (χ0n) is 21.1. The Labute approximate surface area is 241 Å². The summed E-state index contributed by atoms with van der Waals surface area (Å²) in [7, 11) is 0. The van der Waals surface area contributed by atoms with Gasteiger partial charge in [0.2, 0.25) is 17.2 Å². The van der Waals surface area contributed by atoms with Crippen molar-refractivity contribution in [3.05, 3.63) is 145 Å². The topological polar surface area (TPSA) is 121 Å². The molecule has 0 amide bonds. The number of nitrogens with zero attached hydrogens (tertiary/aromatic N) is 1. The van der Waals surface area contributed by atoms with Crippen LogP contribution in [0.2, 0.25) is 0 Å². The zero-order chi connectivity index (χ0) is 28.7. The molecule has 0 radical (unpaired) electrons. The Morgan fingerprint density at radius 1 is 0.634 bits per heavy atom. The lowest BCUT2D eigenvalue weighted by atomic mass is 9.60.